The van der Waals surface area contributed by atoms with Crippen LogP contribution in [0.4, 0.5) is 0 Å². The number of benzene rings is 2. The van der Waals surface area contributed by atoms with Crippen LogP contribution < -0.4 is 4.84 Å². The van der Waals surface area contributed by atoms with Gasteiger partial charge in [0.2, 0.25) is 0 Å². The number of hydrogen-bond acceptors (Lipinski definition) is 5. The van der Waals surface area contributed by atoms with Crippen molar-refractivity contribution in [3.63, 3.8) is 0 Å². The highest BCUT2D eigenvalue weighted by Crippen LogP contribution is 2.33. The zero-order valence-corrected chi connectivity index (χ0v) is 14.0. The number of hydrogen-bond donors (Lipinski definition) is 0. The van der Waals surface area contributed by atoms with Gasteiger partial charge in [0.05, 0.1) is 5.69 Å². The van der Waals surface area contributed by atoms with Crippen LogP contribution >= 0.6 is 0 Å². The first-order chi connectivity index (χ1) is 12.9. The summed E-state index contributed by atoms with van der Waals surface area (Å²) < 4.78 is 6.76. The van der Waals surface area contributed by atoms with Crippen molar-refractivity contribution >= 4 is 0 Å². The van der Waals surface area contributed by atoms with Crippen LogP contribution in [0.25, 0.3) is 22.8 Å². The molecule has 1 aliphatic carbocycles. The normalized spacial score (nSPS) is 12.5. The largest absolute Gasteiger partial charge is 0.407 e. The molecule has 0 radical (unpaired) electrons. The van der Waals surface area contributed by atoms with E-state index in [0.29, 0.717) is 12.3 Å². The van der Waals surface area contributed by atoms with Gasteiger partial charge in [-0.2, -0.15) is 4.73 Å². The van der Waals surface area contributed by atoms with Crippen LogP contribution in [0.15, 0.2) is 65.3 Å². The predicted molar refractivity (Wildman–Crippen MR) is 95.1 cm³/mol. The van der Waals surface area contributed by atoms with Crippen molar-refractivity contribution in [2.45, 2.75) is 19.4 Å². The molecule has 0 saturated heterocycles. The Morgan fingerprint density at radius 1 is 0.885 bits per heavy atom. The number of rotatable bonds is 4. The van der Waals surface area contributed by atoms with E-state index in [0.717, 1.165) is 46.9 Å². The summed E-state index contributed by atoms with van der Waals surface area (Å²) in [6.45, 7) is 0.466. The van der Waals surface area contributed by atoms with Gasteiger partial charge in [-0.05, 0) is 17.1 Å². The van der Waals surface area contributed by atoms with Crippen LogP contribution in [-0.4, -0.2) is 20.0 Å². The van der Waals surface area contributed by atoms with E-state index >= 15 is 0 Å². The van der Waals surface area contributed by atoms with Gasteiger partial charge < -0.3 is 4.84 Å². The maximum atomic E-state index is 6.18. The van der Waals surface area contributed by atoms with Crippen molar-refractivity contribution in [1.82, 2.24) is 20.0 Å². The first kappa shape index (κ1) is 14.9. The van der Waals surface area contributed by atoms with E-state index in [9.17, 15) is 0 Å². The molecule has 1 aliphatic rings. The molecule has 6 nitrogen and oxygen atoms in total. The Balaban J connectivity index is 1.60. The molecule has 0 saturated carbocycles. The number of nitrogens with zero attached hydrogens (tertiary/aromatic N) is 4. The third-order valence-corrected chi connectivity index (χ3v) is 4.54. The summed E-state index contributed by atoms with van der Waals surface area (Å²) in [6.07, 6.45) is 1.55. The van der Waals surface area contributed by atoms with Crippen molar-refractivity contribution < 1.29 is 9.47 Å². The highest BCUT2D eigenvalue weighted by atomic mass is 16.7. The molecule has 0 unspecified atom stereocenters. The average Bonchev–Trinajstić information content (AvgIpc) is 3.32. The Morgan fingerprint density at radius 2 is 1.65 bits per heavy atom. The van der Waals surface area contributed by atoms with Crippen molar-refractivity contribution in [1.29, 1.82) is 0 Å². The lowest BCUT2D eigenvalue weighted by atomic mass is 10.0. The van der Waals surface area contributed by atoms with E-state index < -0.39 is 0 Å². The standard InChI is InChI=1S/C20H16N4O2/c1-3-7-14(8-4-1)13-25-24-17-12-11-16-18(23-26-22-16)19(17)21-20(24)15-9-5-2-6-10-15/h1-10H,11-13H2. The van der Waals surface area contributed by atoms with Crippen molar-refractivity contribution in [2.75, 3.05) is 0 Å². The molecule has 0 spiro atoms. The zero-order chi connectivity index (χ0) is 17.3. The highest BCUT2D eigenvalue weighted by molar-refractivity contribution is 5.68. The fourth-order valence-corrected chi connectivity index (χ4v) is 3.26. The first-order valence-corrected chi connectivity index (χ1v) is 8.56. The zero-order valence-electron chi connectivity index (χ0n) is 14.0. The Kier molecular flexibility index (Phi) is 3.52. The third kappa shape index (κ3) is 2.47. The third-order valence-electron chi connectivity index (χ3n) is 4.54. The quantitative estimate of drug-likeness (QED) is 0.568. The minimum atomic E-state index is 0.466. The molecule has 2 heterocycles. The van der Waals surface area contributed by atoms with E-state index in [1.165, 1.54) is 0 Å². The summed E-state index contributed by atoms with van der Waals surface area (Å²) in [6, 6.07) is 20.1. The maximum Gasteiger partial charge on any atom is 0.176 e. The van der Waals surface area contributed by atoms with Crippen LogP contribution in [-0.2, 0) is 19.4 Å². The van der Waals surface area contributed by atoms with Gasteiger partial charge in [-0.3, -0.25) is 0 Å². The topological polar surface area (TPSA) is 66.0 Å². The Bertz CT molecular complexity index is 1040. The molecular formula is C20H16N4O2. The van der Waals surface area contributed by atoms with Crippen LogP contribution in [0.1, 0.15) is 17.0 Å². The molecule has 2 aromatic carbocycles. The average molecular weight is 344 g/mol. The number of aryl methyl sites for hydroxylation is 1. The summed E-state index contributed by atoms with van der Waals surface area (Å²) in [5.74, 6) is 0.766. The van der Waals surface area contributed by atoms with Gasteiger partial charge >= 0.3 is 0 Å². The van der Waals surface area contributed by atoms with Gasteiger partial charge in [-0.25, -0.2) is 9.61 Å². The van der Waals surface area contributed by atoms with E-state index in [4.69, 9.17) is 14.5 Å². The SMILES string of the molecule is c1ccc(COn2c(-c3ccccc3)nc3c2CCc2nonc2-3)cc1. The lowest BCUT2D eigenvalue weighted by Crippen LogP contribution is -2.17. The summed E-state index contributed by atoms with van der Waals surface area (Å²) in [5.41, 5.74) is 5.46. The maximum absolute atomic E-state index is 6.18. The van der Waals surface area contributed by atoms with Crippen LogP contribution in [0, 0.1) is 0 Å². The van der Waals surface area contributed by atoms with E-state index in [1.807, 2.05) is 65.4 Å². The summed E-state index contributed by atoms with van der Waals surface area (Å²) in [4.78, 5) is 11.0. The number of imidazole rings is 1. The molecule has 0 atom stereocenters. The second-order valence-electron chi connectivity index (χ2n) is 6.21. The minimum absolute atomic E-state index is 0.466. The van der Waals surface area contributed by atoms with Gasteiger partial charge in [-0.15, -0.1) is 0 Å². The molecule has 2 aromatic heterocycles. The predicted octanol–water partition coefficient (Wildman–Crippen LogP) is 3.33. The Hall–Kier alpha value is -3.41. The molecule has 0 amide bonds. The fourth-order valence-electron chi connectivity index (χ4n) is 3.26. The molecule has 5 rings (SSSR count). The van der Waals surface area contributed by atoms with Gasteiger partial charge in [0.25, 0.3) is 0 Å². The van der Waals surface area contributed by atoms with Crippen molar-refractivity contribution in [2.24, 2.45) is 0 Å². The molecule has 0 aliphatic heterocycles. The molecular weight excluding hydrogens is 328 g/mol. The van der Waals surface area contributed by atoms with Gasteiger partial charge in [0.15, 0.2) is 11.5 Å². The van der Waals surface area contributed by atoms with Crippen LogP contribution in [0.2, 0.25) is 0 Å². The Labute approximate surface area is 150 Å². The second-order valence-corrected chi connectivity index (χ2v) is 6.21. The molecule has 0 bridgehead atoms. The number of fused-ring (bicyclic) bond motifs is 3. The molecule has 6 heteroatoms. The van der Waals surface area contributed by atoms with E-state index in [1.54, 1.807) is 0 Å². The molecule has 128 valence electrons. The van der Waals surface area contributed by atoms with E-state index in [-0.39, 0.29) is 0 Å². The fraction of sp³-hybridized carbons (Fsp3) is 0.150. The summed E-state index contributed by atoms with van der Waals surface area (Å²) >= 11 is 0. The highest BCUT2D eigenvalue weighted by Gasteiger charge is 2.29. The van der Waals surface area contributed by atoms with Gasteiger partial charge in [0.1, 0.15) is 18.0 Å². The van der Waals surface area contributed by atoms with Crippen molar-refractivity contribution in [3.05, 3.63) is 77.6 Å². The van der Waals surface area contributed by atoms with Gasteiger partial charge in [-0.1, -0.05) is 65.8 Å². The summed E-state index contributed by atoms with van der Waals surface area (Å²) in [7, 11) is 0. The molecule has 0 fully saturated rings. The minimum Gasteiger partial charge on any atom is -0.407 e. The number of aromatic nitrogens is 4. The molecule has 0 N–H and O–H groups in total. The lowest BCUT2D eigenvalue weighted by molar-refractivity contribution is 0.0946. The second kappa shape index (κ2) is 6.15. The molecule has 4 aromatic rings. The smallest absolute Gasteiger partial charge is 0.176 e. The lowest BCUT2D eigenvalue weighted by Gasteiger charge is -2.15. The summed E-state index contributed by atoms with van der Waals surface area (Å²) in [5, 5.41) is 8.03. The van der Waals surface area contributed by atoms with Crippen molar-refractivity contribution in [3.8, 4) is 22.8 Å². The Morgan fingerprint density at radius 3 is 2.46 bits per heavy atom. The first-order valence-electron chi connectivity index (χ1n) is 8.56. The molecule has 26 heavy (non-hydrogen) atoms. The van der Waals surface area contributed by atoms with E-state index in [2.05, 4.69) is 10.3 Å². The van der Waals surface area contributed by atoms with Crippen LogP contribution in [0.5, 0.6) is 0 Å². The van der Waals surface area contributed by atoms with Gasteiger partial charge in [0, 0.05) is 12.0 Å². The monoisotopic (exact) mass is 344 g/mol. The van der Waals surface area contributed by atoms with Crippen LogP contribution in [0.3, 0.4) is 0 Å².